The Labute approximate surface area is 182 Å². The molecular weight excluding hydrogens is 396 g/mol. The Kier molecular flexibility index (Phi) is 6.56. The number of methoxy groups -OCH3 is 1. The van der Waals surface area contributed by atoms with Gasteiger partial charge in [-0.15, -0.1) is 0 Å². The van der Waals surface area contributed by atoms with Crippen LogP contribution in [0.15, 0.2) is 40.5 Å². The lowest BCUT2D eigenvalue weighted by Crippen LogP contribution is -3.06. The Morgan fingerprint density at radius 1 is 1.29 bits per heavy atom. The first-order valence-corrected chi connectivity index (χ1v) is 10.2. The van der Waals surface area contributed by atoms with E-state index in [9.17, 15) is 10.1 Å². The van der Waals surface area contributed by atoms with Gasteiger partial charge in [0.15, 0.2) is 11.5 Å². The summed E-state index contributed by atoms with van der Waals surface area (Å²) in [7, 11) is 5.62. The fraction of sp³-hybridized carbons (Fsp3) is 0.391. The number of ether oxygens (including phenoxy) is 3. The van der Waals surface area contributed by atoms with Crippen molar-refractivity contribution < 1.29 is 19.1 Å². The minimum Gasteiger partial charge on any atom is -0.493 e. The molecule has 8 heteroatoms. The van der Waals surface area contributed by atoms with Crippen LogP contribution < -0.4 is 30.4 Å². The molecular formula is C23H29N4O4+. The summed E-state index contributed by atoms with van der Waals surface area (Å²) in [5.41, 5.74) is 7.98. The van der Waals surface area contributed by atoms with Crippen molar-refractivity contribution in [2.45, 2.75) is 26.3 Å². The molecule has 3 rings (SSSR count). The van der Waals surface area contributed by atoms with Crippen molar-refractivity contribution in [2.75, 3.05) is 34.4 Å². The molecule has 31 heavy (non-hydrogen) atoms. The molecule has 0 radical (unpaired) electrons. The van der Waals surface area contributed by atoms with Crippen LogP contribution >= 0.6 is 0 Å². The molecule has 1 aromatic carbocycles. The average molecular weight is 426 g/mol. The largest absolute Gasteiger partial charge is 0.493 e. The highest BCUT2D eigenvalue weighted by Gasteiger charge is 2.35. The highest BCUT2D eigenvalue weighted by atomic mass is 16.5. The molecule has 2 aromatic rings. The van der Waals surface area contributed by atoms with Crippen LogP contribution in [0.4, 0.5) is 0 Å². The Morgan fingerprint density at radius 2 is 2.03 bits per heavy atom. The second-order valence-electron chi connectivity index (χ2n) is 7.75. The number of pyridine rings is 1. The molecule has 0 saturated heterocycles. The van der Waals surface area contributed by atoms with Crippen molar-refractivity contribution in [3.8, 4) is 23.3 Å². The zero-order valence-corrected chi connectivity index (χ0v) is 18.6. The molecule has 0 amide bonds. The number of benzene rings is 1. The van der Waals surface area contributed by atoms with E-state index in [2.05, 4.69) is 6.07 Å². The summed E-state index contributed by atoms with van der Waals surface area (Å²) in [6.07, 6.45) is 0. The first-order valence-electron chi connectivity index (χ1n) is 10.2. The monoisotopic (exact) mass is 425 g/mol. The molecule has 3 N–H and O–H groups in total. The number of rotatable bonds is 7. The van der Waals surface area contributed by atoms with Crippen LogP contribution in [0.25, 0.3) is 0 Å². The van der Waals surface area contributed by atoms with Gasteiger partial charge in [-0.1, -0.05) is 6.07 Å². The first-order chi connectivity index (χ1) is 14.8. The maximum absolute atomic E-state index is 13.6. The van der Waals surface area contributed by atoms with Gasteiger partial charge in [-0.05, 0) is 31.5 Å². The lowest BCUT2D eigenvalue weighted by atomic mass is 9.84. The van der Waals surface area contributed by atoms with Gasteiger partial charge in [0.1, 0.15) is 17.4 Å². The topological polar surface area (TPSA) is 104 Å². The van der Waals surface area contributed by atoms with Crippen molar-refractivity contribution in [1.29, 1.82) is 5.26 Å². The standard InChI is InChI=1S/C23H28N4O4/c1-6-30-17-8-7-15(12-18(17)29-5)20-16(13-24)22(25)31-19-11-14(2)27(10-9-26(3)4)23(28)21(19)20/h7-8,11-12,20H,6,9-10,25H2,1-5H3/p+1/t20-/m0/s1. The lowest BCUT2D eigenvalue weighted by Gasteiger charge is -2.27. The van der Waals surface area contributed by atoms with E-state index < -0.39 is 5.92 Å². The lowest BCUT2D eigenvalue weighted by molar-refractivity contribution is -0.858. The third-order valence-corrected chi connectivity index (χ3v) is 5.35. The van der Waals surface area contributed by atoms with Crippen molar-refractivity contribution in [1.82, 2.24) is 4.57 Å². The van der Waals surface area contributed by atoms with Crippen LogP contribution in [-0.4, -0.2) is 38.9 Å². The summed E-state index contributed by atoms with van der Waals surface area (Å²) in [5.74, 6) is 0.829. The number of fused-ring (bicyclic) bond motifs is 1. The summed E-state index contributed by atoms with van der Waals surface area (Å²) in [5, 5.41) is 9.84. The first kappa shape index (κ1) is 22.2. The number of hydrogen-bond acceptors (Lipinski definition) is 6. The summed E-state index contributed by atoms with van der Waals surface area (Å²) in [4.78, 5) is 14.8. The SMILES string of the molecule is CCOc1ccc([C@H]2C(C#N)=C(N)Oc3cc(C)n(CC[NH+](C)C)c(=O)c32)cc1OC. The molecule has 1 aliphatic rings. The average Bonchev–Trinajstić information content (AvgIpc) is 2.73. The quantitative estimate of drug-likeness (QED) is 0.684. The summed E-state index contributed by atoms with van der Waals surface area (Å²) in [6, 6.07) is 9.33. The van der Waals surface area contributed by atoms with Gasteiger partial charge in [-0.25, -0.2) is 0 Å². The second kappa shape index (κ2) is 9.14. The number of nitrogens with zero attached hydrogens (tertiary/aromatic N) is 2. The normalized spacial score (nSPS) is 15.3. The smallest absolute Gasteiger partial charge is 0.258 e. The molecule has 0 fully saturated rings. The van der Waals surface area contributed by atoms with E-state index in [-0.39, 0.29) is 17.0 Å². The molecule has 1 aliphatic heterocycles. The summed E-state index contributed by atoms with van der Waals surface area (Å²) in [6.45, 7) is 5.58. The number of allylic oxidation sites excluding steroid dienone is 1. The van der Waals surface area contributed by atoms with Crippen LogP contribution in [-0.2, 0) is 6.54 Å². The molecule has 0 aliphatic carbocycles. The van der Waals surface area contributed by atoms with Crippen molar-refractivity contribution >= 4 is 0 Å². The fourth-order valence-electron chi connectivity index (χ4n) is 3.77. The molecule has 164 valence electrons. The van der Waals surface area contributed by atoms with Gasteiger partial charge < -0.3 is 29.4 Å². The third-order valence-electron chi connectivity index (χ3n) is 5.35. The van der Waals surface area contributed by atoms with Crippen molar-refractivity contribution in [3.05, 3.63) is 62.9 Å². The van der Waals surface area contributed by atoms with E-state index in [1.165, 1.54) is 4.90 Å². The Balaban J connectivity index is 2.22. The van der Waals surface area contributed by atoms with Gasteiger partial charge in [0.25, 0.3) is 5.56 Å². The number of aryl methyl sites for hydroxylation is 1. The second-order valence-corrected chi connectivity index (χ2v) is 7.75. The van der Waals surface area contributed by atoms with Crippen LogP contribution in [0.1, 0.15) is 29.7 Å². The van der Waals surface area contributed by atoms with Gasteiger partial charge in [-0.3, -0.25) is 4.79 Å². The van der Waals surface area contributed by atoms with E-state index in [1.54, 1.807) is 23.8 Å². The third kappa shape index (κ3) is 4.23. The van der Waals surface area contributed by atoms with Gasteiger partial charge >= 0.3 is 0 Å². The van der Waals surface area contributed by atoms with Crippen molar-refractivity contribution in [2.24, 2.45) is 5.73 Å². The van der Waals surface area contributed by atoms with Crippen LogP contribution in [0.3, 0.4) is 0 Å². The molecule has 0 bridgehead atoms. The number of quaternary nitrogens is 1. The number of nitriles is 1. The molecule has 1 atom stereocenters. The maximum atomic E-state index is 13.6. The van der Waals surface area contributed by atoms with Gasteiger partial charge in [-0.2, -0.15) is 5.26 Å². The summed E-state index contributed by atoms with van der Waals surface area (Å²) < 4.78 is 18.5. The minimum absolute atomic E-state index is 0.00198. The minimum atomic E-state index is -0.663. The predicted molar refractivity (Wildman–Crippen MR) is 117 cm³/mol. The fourth-order valence-corrected chi connectivity index (χ4v) is 3.77. The van der Waals surface area contributed by atoms with Crippen LogP contribution in [0, 0.1) is 18.3 Å². The van der Waals surface area contributed by atoms with E-state index >= 15 is 0 Å². The predicted octanol–water partition coefficient (Wildman–Crippen LogP) is 0.927. The number of aromatic nitrogens is 1. The molecule has 1 aromatic heterocycles. The number of likely N-dealkylation sites (N-methyl/N-ethyl adjacent to an activating group) is 1. The Bertz CT molecular complexity index is 1110. The number of hydrogen-bond donors (Lipinski definition) is 2. The molecule has 8 nitrogen and oxygen atoms in total. The van der Waals surface area contributed by atoms with Gasteiger partial charge in [0.2, 0.25) is 5.88 Å². The van der Waals surface area contributed by atoms with E-state index in [0.717, 1.165) is 12.2 Å². The number of nitrogens with two attached hydrogens (primary N) is 1. The van der Waals surface area contributed by atoms with Gasteiger partial charge in [0.05, 0.1) is 52.4 Å². The van der Waals surface area contributed by atoms with Crippen molar-refractivity contribution in [3.63, 3.8) is 0 Å². The van der Waals surface area contributed by atoms with E-state index in [4.69, 9.17) is 19.9 Å². The molecule has 0 unspecified atom stereocenters. The van der Waals surface area contributed by atoms with E-state index in [1.807, 2.05) is 40.1 Å². The maximum Gasteiger partial charge on any atom is 0.258 e. The zero-order valence-electron chi connectivity index (χ0n) is 18.6. The Morgan fingerprint density at radius 3 is 2.65 bits per heavy atom. The van der Waals surface area contributed by atoms with Crippen LogP contribution in [0.5, 0.6) is 17.2 Å². The molecule has 0 spiro atoms. The highest BCUT2D eigenvalue weighted by molar-refractivity contribution is 5.57. The van der Waals surface area contributed by atoms with Crippen LogP contribution in [0.2, 0.25) is 0 Å². The van der Waals surface area contributed by atoms with Gasteiger partial charge in [0, 0.05) is 11.8 Å². The zero-order chi connectivity index (χ0) is 22.7. The molecule has 2 heterocycles. The van der Waals surface area contributed by atoms with E-state index in [0.29, 0.717) is 41.5 Å². The highest BCUT2D eigenvalue weighted by Crippen LogP contribution is 2.42. The number of nitrogens with one attached hydrogen (secondary N) is 1. The Hall–Kier alpha value is -3.44. The molecule has 0 saturated carbocycles. The summed E-state index contributed by atoms with van der Waals surface area (Å²) >= 11 is 0.